The van der Waals surface area contributed by atoms with Gasteiger partial charge in [0, 0.05) is 13.5 Å². The van der Waals surface area contributed by atoms with Crippen LogP contribution in [0.15, 0.2) is 91.0 Å². The van der Waals surface area contributed by atoms with Gasteiger partial charge in [0.15, 0.2) is 6.29 Å². The molecular weight excluding hydrogens is 367 g/mol. The van der Waals surface area contributed by atoms with Crippen LogP contribution in [0.2, 0.25) is 0 Å². The van der Waals surface area contributed by atoms with Crippen LogP contribution in [0.5, 0.6) is 0 Å². The Morgan fingerprint density at radius 3 is 1.66 bits per heavy atom. The van der Waals surface area contributed by atoms with E-state index in [2.05, 4.69) is 0 Å². The molecule has 1 heterocycles. The molecule has 3 atom stereocenters. The highest BCUT2D eigenvalue weighted by Gasteiger charge is 2.41. The van der Waals surface area contributed by atoms with E-state index in [4.69, 9.17) is 14.2 Å². The fraction of sp³-hybridized carbons (Fsp3) is 0.280. The summed E-state index contributed by atoms with van der Waals surface area (Å²) >= 11 is 0. The van der Waals surface area contributed by atoms with E-state index >= 15 is 0 Å². The number of halogens is 1. The van der Waals surface area contributed by atoms with E-state index < -0.39 is 24.2 Å². The van der Waals surface area contributed by atoms with Crippen molar-refractivity contribution >= 4 is 0 Å². The number of ether oxygens (including phenoxy) is 3. The summed E-state index contributed by atoms with van der Waals surface area (Å²) in [5.74, 6) is 0. The maximum Gasteiger partial charge on any atom is 0.160 e. The van der Waals surface area contributed by atoms with Crippen molar-refractivity contribution in [2.45, 2.75) is 30.6 Å². The molecule has 1 unspecified atom stereocenters. The number of methoxy groups -OCH3 is 1. The Labute approximate surface area is 171 Å². The van der Waals surface area contributed by atoms with Gasteiger partial charge in [0.25, 0.3) is 0 Å². The van der Waals surface area contributed by atoms with Crippen molar-refractivity contribution in [3.05, 3.63) is 108 Å². The number of benzene rings is 3. The molecule has 0 amide bonds. The summed E-state index contributed by atoms with van der Waals surface area (Å²) in [6.45, 7) is 0.111. The minimum Gasteiger partial charge on any atom is -0.358 e. The van der Waals surface area contributed by atoms with Gasteiger partial charge in [0.2, 0.25) is 0 Å². The van der Waals surface area contributed by atoms with Gasteiger partial charge in [-0.3, -0.25) is 0 Å². The van der Waals surface area contributed by atoms with E-state index in [1.54, 1.807) is 0 Å². The van der Waals surface area contributed by atoms with Gasteiger partial charge in [0.1, 0.15) is 17.9 Å². The molecule has 4 rings (SSSR count). The summed E-state index contributed by atoms with van der Waals surface area (Å²) in [6.07, 6.45) is -2.10. The van der Waals surface area contributed by atoms with Crippen LogP contribution in [0.1, 0.15) is 23.1 Å². The molecule has 3 aromatic rings. The fourth-order valence-electron chi connectivity index (χ4n) is 3.94. The van der Waals surface area contributed by atoms with Gasteiger partial charge in [-0.25, -0.2) is 4.39 Å². The van der Waals surface area contributed by atoms with Gasteiger partial charge >= 0.3 is 0 Å². The van der Waals surface area contributed by atoms with Crippen molar-refractivity contribution in [1.29, 1.82) is 0 Å². The first-order chi connectivity index (χ1) is 14.2. The summed E-state index contributed by atoms with van der Waals surface area (Å²) in [5.41, 5.74) is 2.06. The van der Waals surface area contributed by atoms with Crippen LogP contribution in [0.3, 0.4) is 0 Å². The predicted octanol–water partition coefficient (Wildman–Crippen LogP) is 5.09. The van der Waals surface area contributed by atoms with Crippen LogP contribution in [0, 0.1) is 0 Å². The second-order valence-corrected chi connectivity index (χ2v) is 7.18. The second kappa shape index (κ2) is 8.87. The minimum absolute atomic E-state index is 0.111. The lowest BCUT2D eigenvalue weighted by Crippen LogP contribution is -2.37. The number of hydrogen-bond donors (Lipinski definition) is 0. The quantitative estimate of drug-likeness (QED) is 0.524. The molecule has 0 saturated carbocycles. The number of alkyl halides is 1. The lowest BCUT2D eigenvalue weighted by molar-refractivity contribution is -0.142. The Hall–Kier alpha value is -2.53. The third-order valence-corrected chi connectivity index (χ3v) is 5.42. The molecule has 1 saturated heterocycles. The molecule has 150 valence electrons. The summed E-state index contributed by atoms with van der Waals surface area (Å²) in [6, 6.07) is 30.1. The number of rotatable bonds is 7. The zero-order valence-electron chi connectivity index (χ0n) is 16.4. The van der Waals surface area contributed by atoms with Crippen molar-refractivity contribution in [2.24, 2.45) is 0 Å². The lowest BCUT2D eigenvalue weighted by atomic mass is 9.80. The Kier molecular flexibility index (Phi) is 6.05. The second-order valence-electron chi connectivity index (χ2n) is 7.18. The molecule has 0 spiro atoms. The summed E-state index contributed by atoms with van der Waals surface area (Å²) in [4.78, 5) is 0. The van der Waals surface area contributed by atoms with Crippen molar-refractivity contribution in [3.63, 3.8) is 0 Å². The van der Waals surface area contributed by atoms with Crippen LogP contribution in [0.25, 0.3) is 0 Å². The zero-order chi connectivity index (χ0) is 20.1. The maximum atomic E-state index is 14.5. The van der Waals surface area contributed by atoms with Crippen molar-refractivity contribution in [3.8, 4) is 0 Å². The van der Waals surface area contributed by atoms with Gasteiger partial charge < -0.3 is 14.2 Å². The molecular formula is C25H25FO3. The Bertz CT molecular complexity index is 789. The van der Waals surface area contributed by atoms with Crippen LogP contribution >= 0.6 is 0 Å². The van der Waals surface area contributed by atoms with E-state index in [-0.39, 0.29) is 13.0 Å². The molecule has 1 aliphatic heterocycles. The van der Waals surface area contributed by atoms with E-state index in [0.717, 1.165) is 16.7 Å². The van der Waals surface area contributed by atoms with Gasteiger partial charge in [-0.15, -0.1) is 0 Å². The van der Waals surface area contributed by atoms with E-state index in [1.807, 2.05) is 91.0 Å². The van der Waals surface area contributed by atoms with Gasteiger partial charge in [-0.1, -0.05) is 91.0 Å². The zero-order valence-corrected chi connectivity index (χ0v) is 16.4. The van der Waals surface area contributed by atoms with Crippen molar-refractivity contribution < 1.29 is 18.6 Å². The smallest absolute Gasteiger partial charge is 0.160 e. The Morgan fingerprint density at radius 2 is 1.28 bits per heavy atom. The fourth-order valence-corrected chi connectivity index (χ4v) is 3.94. The van der Waals surface area contributed by atoms with E-state index in [0.29, 0.717) is 0 Å². The minimum atomic E-state index is -1.13. The average molecular weight is 392 g/mol. The highest BCUT2D eigenvalue weighted by atomic mass is 19.1. The first kappa shape index (κ1) is 19.8. The summed E-state index contributed by atoms with van der Waals surface area (Å²) < 4.78 is 32.0. The monoisotopic (exact) mass is 392 g/mol. The summed E-state index contributed by atoms with van der Waals surface area (Å²) in [7, 11) is 1.53. The largest absolute Gasteiger partial charge is 0.358 e. The molecule has 0 bridgehead atoms. The molecule has 0 aliphatic carbocycles. The van der Waals surface area contributed by atoms with Gasteiger partial charge in [-0.2, -0.15) is 0 Å². The third kappa shape index (κ3) is 3.97. The molecule has 1 fully saturated rings. The molecule has 29 heavy (non-hydrogen) atoms. The molecule has 0 aromatic heterocycles. The van der Waals surface area contributed by atoms with E-state index in [1.165, 1.54) is 7.11 Å². The molecule has 1 aliphatic rings. The maximum absolute atomic E-state index is 14.5. The highest BCUT2D eigenvalue weighted by Crippen LogP contribution is 2.41. The average Bonchev–Trinajstić information content (AvgIpc) is 3.16. The van der Waals surface area contributed by atoms with Gasteiger partial charge in [-0.05, 0) is 16.7 Å². The summed E-state index contributed by atoms with van der Waals surface area (Å²) in [5, 5.41) is 0. The highest BCUT2D eigenvalue weighted by molar-refractivity contribution is 5.47. The first-order valence-electron chi connectivity index (χ1n) is 9.87. The molecule has 3 nitrogen and oxygen atoms in total. The van der Waals surface area contributed by atoms with Crippen molar-refractivity contribution in [1.82, 2.24) is 0 Å². The molecule has 3 aromatic carbocycles. The Balaban J connectivity index is 1.78. The van der Waals surface area contributed by atoms with Crippen molar-refractivity contribution in [2.75, 3.05) is 13.7 Å². The third-order valence-electron chi connectivity index (χ3n) is 5.42. The molecule has 0 N–H and O–H groups in total. The van der Waals surface area contributed by atoms with Crippen LogP contribution < -0.4 is 0 Å². The van der Waals surface area contributed by atoms with Crippen LogP contribution in [0.4, 0.5) is 4.39 Å². The normalized spacial score (nSPS) is 21.9. The van der Waals surface area contributed by atoms with Crippen LogP contribution in [-0.2, 0) is 19.8 Å². The first-order valence-corrected chi connectivity index (χ1v) is 9.87. The van der Waals surface area contributed by atoms with E-state index in [9.17, 15) is 4.39 Å². The van der Waals surface area contributed by atoms with Crippen LogP contribution in [-0.4, -0.2) is 32.3 Å². The number of hydrogen-bond acceptors (Lipinski definition) is 3. The standard InChI is InChI=1S/C25H25FO3/c1-27-24-17-22(26)23(29-24)18-28-25(19-11-5-2-6-12-19,20-13-7-3-8-14-20)21-15-9-4-10-16-21/h2-16,22-24H,17-18H2,1H3/t22-,23+,24?/m0/s1. The lowest BCUT2D eigenvalue weighted by Gasteiger charge is -2.36. The molecule has 4 heteroatoms. The Morgan fingerprint density at radius 1 is 0.828 bits per heavy atom. The topological polar surface area (TPSA) is 27.7 Å². The molecule has 0 radical (unpaired) electrons. The predicted molar refractivity (Wildman–Crippen MR) is 110 cm³/mol. The van der Waals surface area contributed by atoms with Gasteiger partial charge in [0.05, 0.1) is 6.61 Å². The SMILES string of the molecule is COC1C[C@H](F)[C@@H](COC(c2ccccc2)(c2ccccc2)c2ccccc2)O1.